The van der Waals surface area contributed by atoms with E-state index < -0.39 is 6.61 Å². The van der Waals surface area contributed by atoms with Gasteiger partial charge in [0.2, 0.25) is 5.91 Å². The van der Waals surface area contributed by atoms with Crippen molar-refractivity contribution in [1.29, 1.82) is 0 Å². The number of alkyl halides is 2. The van der Waals surface area contributed by atoms with Crippen molar-refractivity contribution in [2.24, 2.45) is 0 Å². The number of aromatic nitrogens is 2. The Bertz CT molecular complexity index is 1000. The molecule has 31 heavy (non-hydrogen) atoms. The molecule has 0 radical (unpaired) electrons. The summed E-state index contributed by atoms with van der Waals surface area (Å²) in [7, 11) is 1.90. The van der Waals surface area contributed by atoms with E-state index in [1.165, 1.54) is 12.1 Å². The second-order valence-electron chi connectivity index (χ2n) is 7.35. The Morgan fingerprint density at radius 1 is 1.13 bits per heavy atom. The van der Waals surface area contributed by atoms with Crippen molar-refractivity contribution < 1.29 is 18.3 Å². The van der Waals surface area contributed by atoms with Crippen molar-refractivity contribution >= 4 is 11.6 Å². The zero-order valence-electron chi connectivity index (χ0n) is 17.8. The zero-order chi connectivity index (χ0) is 22.4. The van der Waals surface area contributed by atoms with Crippen LogP contribution in [0.3, 0.4) is 0 Å². The van der Waals surface area contributed by atoms with Crippen LogP contribution in [0.2, 0.25) is 0 Å². The standard InChI is InChI=1S/C23H26F2N4O2/c1-16-22(17(2)29(27-16)19-7-5-4-6-8-19)26-21(30)13-14-28(3)15-18-9-11-20(12-10-18)31-23(24)25/h4-12,23H,13-15H2,1-3H3,(H,26,30). The maximum atomic E-state index is 12.5. The van der Waals surface area contributed by atoms with Crippen molar-refractivity contribution in [2.75, 3.05) is 18.9 Å². The molecule has 2 aromatic carbocycles. The Morgan fingerprint density at radius 2 is 1.81 bits per heavy atom. The van der Waals surface area contributed by atoms with Crippen LogP contribution in [-0.4, -0.2) is 40.8 Å². The number of hydrogen-bond donors (Lipinski definition) is 1. The van der Waals surface area contributed by atoms with Crippen LogP contribution in [0.1, 0.15) is 23.4 Å². The van der Waals surface area contributed by atoms with Gasteiger partial charge in [0.15, 0.2) is 0 Å². The smallest absolute Gasteiger partial charge is 0.387 e. The van der Waals surface area contributed by atoms with Gasteiger partial charge in [0.1, 0.15) is 5.75 Å². The second-order valence-corrected chi connectivity index (χ2v) is 7.35. The molecular weight excluding hydrogens is 402 g/mol. The maximum Gasteiger partial charge on any atom is 0.387 e. The minimum atomic E-state index is -2.83. The van der Waals surface area contributed by atoms with Crippen molar-refractivity contribution in [3.63, 3.8) is 0 Å². The molecule has 3 aromatic rings. The first-order valence-corrected chi connectivity index (χ1v) is 9.97. The van der Waals surface area contributed by atoms with Crippen LogP contribution in [0, 0.1) is 13.8 Å². The molecule has 1 N–H and O–H groups in total. The van der Waals surface area contributed by atoms with Crippen molar-refractivity contribution in [3.8, 4) is 11.4 Å². The van der Waals surface area contributed by atoms with Crippen LogP contribution in [0.15, 0.2) is 54.6 Å². The van der Waals surface area contributed by atoms with Crippen LogP contribution in [0.5, 0.6) is 5.75 Å². The third-order valence-corrected chi connectivity index (χ3v) is 4.88. The van der Waals surface area contributed by atoms with E-state index in [1.807, 2.05) is 60.8 Å². The molecule has 0 aliphatic heterocycles. The van der Waals surface area contributed by atoms with Crippen LogP contribution < -0.4 is 10.1 Å². The fraction of sp³-hybridized carbons (Fsp3) is 0.304. The lowest BCUT2D eigenvalue weighted by molar-refractivity contribution is -0.116. The summed E-state index contributed by atoms with van der Waals surface area (Å²) in [5.41, 5.74) is 4.24. The van der Waals surface area contributed by atoms with Crippen LogP contribution in [0.4, 0.5) is 14.5 Å². The Kier molecular flexibility index (Phi) is 7.36. The third-order valence-electron chi connectivity index (χ3n) is 4.88. The SMILES string of the molecule is Cc1nn(-c2ccccc2)c(C)c1NC(=O)CCN(C)Cc1ccc(OC(F)F)cc1. The number of carbonyl (C=O) groups is 1. The van der Waals surface area contributed by atoms with Gasteiger partial charge in [-0.05, 0) is 50.7 Å². The van der Waals surface area contributed by atoms with Crippen LogP contribution in [-0.2, 0) is 11.3 Å². The fourth-order valence-electron chi connectivity index (χ4n) is 3.31. The summed E-state index contributed by atoms with van der Waals surface area (Å²) in [6.45, 7) is 2.10. The highest BCUT2D eigenvalue weighted by molar-refractivity contribution is 5.92. The zero-order valence-corrected chi connectivity index (χ0v) is 17.8. The number of amides is 1. The van der Waals surface area contributed by atoms with E-state index in [4.69, 9.17) is 0 Å². The summed E-state index contributed by atoms with van der Waals surface area (Å²) < 4.78 is 30.6. The molecule has 3 rings (SSSR count). The lowest BCUT2D eigenvalue weighted by atomic mass is 10.2. The molecular formula is C23H26F2N4O2. The number of halogens is 2. The molecule has 1 aromatic heterocycles. The molecule has 0 saturated heterocycles. The summed E-state index contributed by atoms with van der Waals surface area (Å²) >= 11 is 0. The van der Waals surface area contributed by atoms with Gasteiger partial charge in [-0.3, -0.25) is 4.79 Å². The highest BCUT2D eigenvalue weighted by Gasteiger charge is 2.15. The quantitative estimate of drug-likeness (QED) is 0.543. The van der Waals surface area contributed by atoms with Crippen molar-refractivity contribution in [1.82, 2.24) is 14.7 Å². The van der Waals surface area contributed by atoms with Gasteiger partial charge in [-0.1, -0.05) is 30.3 Å². The number of rotatable bonds is 9. The lowest BCUT2D eigenvalue weighted by Crippen LogP contribution is -2.24. The number of anilines is 1. The summed E-state index contributed by atoms with van der Waals surface area (Å²) in [5, 5.41) is 7.52. The monoisotopic (exact) mass is 428 g/mol. The van der Waals surface area contributed by atoms with Crippen molar-refractivity contribution in [3.05, 3.63) is 71.5 Å². The molecule has 0 aliphatic rings. The summed E-state index contributed by atoms with van der Waals surface area (Å²) in [4.78, 5) is 14.5. The first-order chi connectivity index (χ1) is 14.8. The molecule has 0 atom stereocenters. The number of carbonyl (C=O) groups excluding carboxylic acids is 1. The van der Waals surface area contributed by atoms with Gasteiger partial charge in [0.05, 0.1) is 22.8 Å². The molecule has 6 nitrogen and oxygen atoms in total. The summed E-state index contributed by atoms with van der Waals surface area (Å²) in [6, 6.07) is 16.3. The Balaban J connectivity index is 1.53. The first kappa shape index (κ1) is 22.4. The van der Waals surface area contributed by atoms with Gasteiger partial charge in [0.25, 0.3) is 0 Å². The van der Waals surface area contributed by atoms with Gasteiger partial charge in [0, 0.05) is 19.5 Å². The van der Waals surface area contributed by atoms with Gasteiger partial charge in [-0.25, -0.2) is 4.68 Å². The van der Waals surface area contributed by atoms with E-state index in [2.05, 4.69) is 15.2 Å². The molecule has 0 bridgehead atoms. The molecule has 0 unspecified atom stereocenters. The van der Waals surface area contributed by atoms with Crippen molar-refractivity contribution in [2.45, 2.75) is 33.4 Å². The summed E-state index contributed by atoms with van der Waals surface area (Å²) in [5.74, 6) is 0.0360. The van der Waals surface area contributed by atoms with E-state index in [0.29, 0.717) is 19.5 Å². The number of ether oxygens (including phenoxy) is 1. The number of benzene rings is 2. The van der Waals surface area contributed by atoms with Gasteiger partial charge < -0.3 is 15.0 Å². The Morgan fingerprint density at radius 3 is 2.45 bits per heavy atom. The first-order valence-electron chi connectivity index (χ1n) is 9.97. The van der Waals surface area contributed by atoms with Crippen LogP contribution in [0.25, 0.3) is 5.69 Å². The number of aryl methyl sites for hydroxylation is 1. The van der Waals surface area contributed by atoms with Gasteiger partial charge in [-0.15, -0.1) is 0 Å². The Hall–Kier alpha value is -3.26. The summed E-state index contributed by atoms with van der Waals surface area (Å²) in [6.07, 6.45) is 0.318. The molecule has 8 heteroatoms. The van der Waals surface area contributed by atoms with E-state index in [0.717, 1.165) is 28.3 Å². The largest absolute Gasteiger partial charge is 0.435 e. The minimum absolute atomic E-state index is 0.0913. The average molecular weight is 428 g/mol. The highest BCUT2D eigenvalue weighted by atomic mass is 19.3. The van der Waals surface area contributed by atoms with E-state index in [-0.39, 0.29) is 11.7 Å². The van der Waals surface area contributed by atoms with Gasteiger partial charge >= 0.3 is 6.61 Å². The average Bonchev–Trinajstić information content (AvgIpc) is 3.02. The number of hydrogen-bond acceptors (Lipinski definition) is 4. The number of nitrogens with zero attached hydrogens (tertiary/aromatic N) is 3. The normalized spacial score (nSPS) is 11.2. The molecule has 0 spiro atoms. The van der Waals surface area contributed by atoms with E-state index >= 15 is 0 Å². The predicted octanol–water partition coefficient (Wildman–Crippen LogP) is 4.55. The second kappa shape index (κ2) is 10.2. The van der Waals surface area contributed by atoms with Gasteiger partial charge in [-0.2, -0.15) is 13.9 Å². The molecule has 1 amide bonds. The lowest BCUT2D eigenvalue weighted by Gasteiger charge is -2.17. The topological polar surface area (TPSA) is 59.4 Å². The third kappa shape index (κ3) is 6.11. The molecule has 164 valence electrons. The fourth-order valence-corrected chi connectivity index (χ4v) is 3.31. The van der Waals surface area contributed by atoms with E-state index in [9.17, 15) is 13.6 Å². The Labute approximate surface area is 180 Å². The maximum absolute atomic E-state index is 12.5. The molecule has 1 heterocycles. The van der Waals surface area contributed by atoms with Crippen LogP contribution >= 0.6 is 0 Å². The van der Waals surface area contributed by atoms with E-state index in [1.54, 1.807) is 12.1 Å². The number of para-hydroxylation sites is 1. The minimum Gasteiger partial charge on any atom is -0.435 e. The predicted molar refractivity (Wildman–Crippen MR) is 116 cm³/mol. The highest BCUT2D eigenvalue weighted by Crippen LogP contribution is 2.23. The molecule has 0 saturated carbocycles. The molecule has 0 fully saturated rings. The molecule has 0 aliphatic carbocycles. The number of nitrogens with one attached hydrogen (secondary N) is 1.